The van der Waals surface area contributed by atoms with Gasteiger partial charge in [-0.1, -0.05) is 31.0 Å². The lowest BCUT2D eigenvalue weighted by Crippen LogP contribution is -2.51. The summed E-state index contributed by atoms with van der Waals surface area (Å²) in [5.74, 6) is -1.08. The van der Waals surface area contributed by atoms with E-state index in [1.54, 1.807) is 4.90 Å². The Bertz CT molecular complexity index is 694. The van der Waals surface area contributed by atoms with Crippen molar-refractivity contribution in [3.8, 4) is 0 Å². The zero-order valence-corrected chi connectivity index (χ0v) is 16.9. The van der Waals surface area contributed by atoms with Crippen LogP contribution < -0.4 is 5.32 Å². The number of hydrogen-bond acceptors (Lipinski definition) is 4. The fourth-order valence-corrected chi connectivity index (χ4v) is 3.55. The number of hydrogen-bond donors (Lipinski definition) is 1. The molecule has 0 unspecified atom stereocenters. The monoisotopic (exact) mass is 374 g/mol. The number of piperidine rings is 1. The van der Waals surface area contributed by atoms with Crippen LogP contribution in [0.1, 0.15) is 48.2 Å². The van der Waals surface area contributed by atoms with Crippen LogP contribution in [0.3, 0.4) is 0 Å². The normalized spacial score (nSPS) is 18.1. The molecule has 0 radical (unpaired) electrons. The van der Waals surface area contributed by atoms with Gasteiger partial charge in [0.25, 0.3) is 5.91 Å². The maximum Gasteiger partial charge on any atom is 0.328 e. The van der Waals surface area contributed by atoms with Gasteiger partial charge in [-0.3, -0.25) is 9.59 Å². The summed E-state index contributed by atoms with van der Waals surface area (Å²) in [6.45, 7) is 8.66. The van der Waals surface area contributed by atoms with Gasteiger partial charge in [0.15, 0.2) is 0 Å². The second-order valence-electron chi connectivity index (χ2n) is 7.72. The highest BCUT2D eigenvalue weighted by Crippen LogP contribution is 2.20. The number of amides is 2. The van der Waals surface area contributed by atoms with Crippen LogP contribution >= 0.6 is 0 Å². The second-order valence-corrected chi connectivity index (χ2v) is 7.72. The van der Waals surface area contributed by atoms with E-state index < -0.39 is 12.0 Å². The summed E-state index contributed by atoms with van der Waals surface area (Å²) in [6, 6.07) is 5.12. The number of nitrogens with zero attached hydrogens (tertiary/aromatic N) is 1. The van der Waals surface area contributed by atoms with Gasteiger partial charge in [0.2, 0.25) is 5.91 Å². The summed E-state index contributed by atoms with van der Waals surface area (Å²) in [4.78, 5) is 39.2. The van der Waals surface area contributed by atoms with Crippen LogP contribution in [0.2, 0.25) is 0 Å². The predicted molar refractivity (Wildman–Crippen MR) is 103 cm³/mol. The lowest BCUT2D eigenvalue weighted by atomic mass is 9.95. The molecular weight excluding hydrogens is 344 g/mol. The van der Waals surface area contributed by atoms with Crippen molar-refractivity contribution in [2.45, 2.75) is 46.6 Å². The van der Waals surface area contributed by atoms with E-state index in [-0.39, 0.29) is 23.7 Å². The first-order valence-corrected chi connectivity index (χ1v) is 9.48. The van der Waals surface area contributed by atoms with E-state index in [1.165, 1.54) is 7.11 Å². The number of ether oxygens (including phenoxy) is 1. The zero-order chi connectivity index (χ0) is 20.1. The van der Waals surface area contributed by atoms with Gasteiger partial charge in [0.1, 0.15) is 6.04 Å². The topological polar surface area (TPSA) is 75.7 Å². The molecule has 0 bridgehead atoms. The Kier molecular flexibility index (Phi) is 6.99. The van der Waals surface area contributed by atoms with Gasteiger partial charge in [-0.05, 0) is 44.7 Å². The highest BCUT2D eigenvalue weighted by Gasteiger charge is 2.32. The SMILES string of the molecule is COC(=O)[C@@H](NC(=O)[C@H]1CCCN(C(=O)c2cc(C)cc(C)c2)C1)C(C)C. The van der Waals surface area contributed by atoms with E-state index in [9.17, 15) is 14.4 Å². The molecule has 1 aliphatic rings. The number of esters is 1. The summed E-state index contributed by atoms with van der Waals surface area (Å²) in [7, 11) is 1.31. The third-order valence-electron chi connectivity index (χ3n) is 4.97. The quantitative estimate of drug-likeness (QED) is 0.804. The lowest BCUT2D eigenvalue weighted by molar-refractivity contribution is -0.147. The number of likely N-dealkylation sites (tertiary alicyclic amines) is 1. The largest absolute Gasteiger partial charge is 0.467 e. The van der Waals surface area contributed by atoms with Crippen LogP contribution in [0.25, 0.3) is 0 Å². The molecule has 0 spiro atoms. The molecule has 0 aromatic heterocycles. The number of aryl methyl sites for hydroxylation is 2. The molecule has 1 heterocycles. The zero-order valence-electron chi connectivity index (χ0n) is 16.9. The third-order valence-corrected chi connectivity index (χ3v) is 4.97. The summed E-state index contributed by atoms with van der Waals surface area (Å²) < 4.78 is 4.78. The van der Waals surface area contributed by atoms with Crippen molar-refractivity contribution in [1.29, 1.82) is 0 Å². The van der Waals surface area contributed by atoms with E-state index in [0.717, 1.165) is 17.5 Å². The van der Waals surface area contributed by atoms with Gasteiger partial charge in [0, 0.05) is 18.7 Å². The molecule has 6 nitrogen and oxygen atoms in total. The van der Waals surface area contributed by atoms with Crippen LogP contribution in [0.4, 0.5) is 0 Å². The first-order chi connectivity index (χ1) is 12.7. The minimum Gasteiger partial charge on any atom is -0.467 e. The van der Waals surface area contributed by atoms with E-state index in [2.05, 4.69) is 5.32 Å². The Labute approximate surface area is 161 Å². The van der Waals surface area contributed by atoms with E-state index in [0.29, 0.717) is 25.1 Å². The van der Waals surface area contributed by atoms with Crippen LogP contribution in [0.15, 0.2) is 18.2 Å². The molecule has 1 saturated heterocycles. The number of carbonyl (C=O) groups excluding carboxylic acids is 3. The average molecular weight is 374 g/mol. The van der Waals surface area contributed by atoms with Crippen LogP contribution in [0.5, 0.6) is 0 Å². The number of methoxy groups -OCH3 is 1. The highest BCUT2D eigenvalue weighted by molar-refractivity contribution is 5.95. The van der Waals surface area contributed by atoms with Gasteiger partial charge in [0.05, 0.1) is 13.0 Å². The van der Waals surface area contributed by atoms with Crippen molar-refractivity contribution in [1.82, 2.24) is 10.2 Å². The van der Waals surface area contributed by atoms with Crippen molar-refractivity contribution < 1.29 is 19.1 Å². The number of nitrogens with one attached hydrogen (secondary N) is 1. The molecule has 1 aromatic rings. The number of benzene rings is 1. The minimum absolute atomic E-state index is 0.0484. The first kappa shape index (κ1) is 20.9. The van der Waals surface area contributed by atoms with Gasteiger partial charge >= 0.3 is 5.97 Å². The molecule has 1 aliphatic heterocycles. The van der Waals surface area contributed by atoms with Crippen molar-refractivity contribution in [2.24, 2.45) is 11.8 Å². The maximum absolute atomic E-state index is 12.9. The second kappa shape index (κ2) is 9.02. The highest BCUT2D eigenvalue weighted by atomic mass is 16.5. The summed E-state index contributed by atoms with van der Waals surface area (Å²) in [5.41, 5.74) is 2.74. The molecule has 1 aromatic carbocycles. The maximum atomic E-state index is 12.9. The third kappa shape index (κ3) is 5.31. The smallest absolute Gasteiger partial charge is 0.328 e. The Morgan fingerprint density at radius 2 is 1.78 bits per heavy atom. The molecule has 148 valence electrons. The molecule has 2 atom stereocenters. The minimum atomic E-state index is -0.673. The Hall–Kier alpha value is -2.37. The fraction of sp³-hybridized carbons (Fsp3) is 0.571. The molecule has 6 heteroatoms. The van der Waals surface area contributed by atoms with Crippen LogP contribution in [-0.4, -0.2) is 48.9 Å². The molecule has 1 N–H and O–H groups in total. The summed E-state index contributed by atoms with van der Waals surface area (Å²) in [6.07, 6.45) is 1.47. The Morgan fingerprint density at radius 3 is 2.33 bits per heavy atom. The Balaban J connectivity index is 2.07. The fourth-order valence-electron chi connectivity index (χ4n) is 3.55. The summed E-state index contributed by atoms with van der Waals surface area (Å²) in [5, 5.41) is 2.80. The van der Waals surface area contributed by atoms with Crippen molar-refractivity contribution >= 4 is 17.8 Å². The predicted octanol–water partition coefficient (Wildman–Crippen LogP) is 2.47. The molecule has 27 heavy (non-hydrogen) atoms. The van der Waals surface area contributed by atoms with Gasteiger partial charge in [-0.25, -0.2) is 4.79 Å². The molecule has 0 aliphatic carbocycles. The average Bonchev–Trinajstić information content (AvgIpc) is 2.63. The van der Waals surface area contributed by atoms with Crippen LogP contribution in [-0.2, 0) is 14.3 Å². The van der Waals surface area contributed by atoms with Gasteiger partial charge < -0.3 is 15.0 Å². The van der Waals surface area contributed by atoms with Crippen molar-refractivity contribution in [3.05, 3.63) is 34.9 Å². The standard InChI is InChI=1S/C21H30N2O4/c1-13(2)18(21(26)27-5)22-19(24)16-7-6-8-23(12-16)20(25)17-10-14(3)9-15(4)11-17/h9-11,13,16,18H,6-8,12H2,1-5H3,(H,22,24)/t16-,18-/m0/s1. The molecule has 1 fully saturated rings. The van der Waals surface area contributed by atoms with Crippen molar-refractivity contribution in [2.75, 3.05) is 20.2 Å². The summed E-state index contributed by atoms with van der Waals surface area (Å²) >= 11 is 0. The van der Waals surface area contributed by atoms with E-state index in [4.69, 9.17) is 4.74 Å². The Morgan fingerprint density at radius 1 is 1.15 bits per heavy atom. The molecule has 2 amide bonds. The van der Waals surface area contributed by atoms with Gasteiger partial charge in [-0.15, -0.1) is 0 Å². The number of carbonyl (C=O) groups is 3. The van der Waals surface area contributed by atoms with Crippen LogP contribution in [0, 0.1) is 25.7 Å². The molecule has 2 rings (SSSR count). The van der Waals surface area contributed by atoms with E-state index >= 15 is 0 Å². The molecular formula is C21H30N2O4. The van der Waals surface area contributed by atoms with Crippen molar-refractivity contribution in [3.63, 3.8) is 0 Å². The van der Waals surface area contributed by atoms with Gasteiger partial charge in [-0.2, -0.15) is 0 Å². The molecule has 0 saturated carbocycles. The lowest BCUT2D eigenvalue weighted by Gasteiger charge is -2.33. The first-order valence-electron chi connectivity index (χ1n) is 9.48. The number of rotatable bonds is 5. The van der Waals surface area contributed by atoms with E-state index in [1.807, 2.05) is 45.9 Å².